The second-order valence-electron chi connectivity index (χ2n) is 24.1. The molecule has 0 spiro atoms. The molecule has 0 heterocycles. The van der Waals surface area contributed by atoms with E-state index < -0.39 is 6.10 Å². The van der Waals surface area contributed by atoms with Gasteiger partial charge in [0.25, 0.3) is 0 Å². The highest BCUT2D eigenvalue weighted by Gasteiger charge is 2.19. The molecule has 0 aliphatic carbocycles. The highest BCUT2D eigenvalue weighted by atomic mass is 16.6. The van der Waals surface area contributed by atoms with Crippen LogP contribution in [0.25, 0.3) is 0 Å². The fraction of sp³-hybridized carbons (Fsp3) is 0.779. The average molecular weight is 1160 g/mol. The van der Waals surface area contributed by atoms with Gasteiger partial charge < -0.3 is 14.2 Å². The second-order valence-corrected chi connectivity index (χ2v) is 24.1. The Kier molecular flexibility index (Phi) is 68.2. The third-order valence-corrected chi connectivity index (χ3v) is 15.9. The molecule has 0 radical (unpaired) electrons. The van der Waals surface area contributed by atoms with E-state index >= 15 is 0 Å². The molecular weight excluding hydrogens is 1020 g/mol. The minimum absolute atomic E-state index is 0.0827. The zero-order valence-electron chi connectivity index (χ0n) is 55.2. The Morgan fingerprint density at radius 1 is 0.253 bits per heavy atom. The van der Waals surface area contributed by atoms with Crippen molar-refractivity contribution < 1.29 is 28.6 Å². The van der Waals surface area contributed by atoms with E-state index in [4.69, 9.17) is 14.2 Å². The zero-order valence-corrected chi connectivity index (χ0v) is 55.2. The molecule has 6 nitrogen and oxygen atoms in total. The van der Waals surface area contributed by atoms with Gasteiger partial charge in [-0.25, -0.2) is 0 Å². The van der Waals surface area contributed by atoms with Gasteiger partial charge in [0, 0.05) is 19.3 Å². The molecule has 0 aromatic carbocycles. The van der Waals surface area contributed by atoms with Gasteiger partial charge in [-0.1, -0.05) is 337 Å². The van der Waals surface area contributed by atoms with Crippen LogP contribution in [0.15, 0.2) is 85.1 Å². The molecule has 6 heteroatoms. The summed E-state index contributed by atoms with van der Waals surface area (Å²) in [5.74, 6) is -0.885. The number of ether oxygens (including phenoxy) is 3. The van der Waals surface area contributed by atoms with Crippen LogP contribution in [0, 0.1) is 0 Å². The van der Waals surface area contributed by atoms with Gasteiger partial charge in [0.2, 0.25) is 0 Å². The number of rotatable bonds is 66. The Labute approximate surface area is 515 Å². The van der Waals surface area contributed by atoms with Crippen LogP contribution in [0.4, 0.5) is 0 Å². The molecular formula is C77H136O6. The van der Waals surface area contributed by atoms with Gasteiger partial charge >= 0.3 is 17.9 Å². The van der Waals surface area contributed by atoms with Crippen LogP contribution >= 0.6 is 0 Å². The monoisotopic (exact) mass is 1160 g/mol. The maximum atomic E-state index is 13.0. The Hall–Kier alpha value is -3.41. The molecule has 0 aromatic rings. The van der Waals surface area contributed by atoms with E-state index in [9.17, 15) is 14.4 Å². The van der Waals surface area contributed by atoms with Gasteiger partial charge in [0.1, 0.15) is 13.2 Å². The van der Waals surface area contributed by atoms with Crippen molar-refractivity contribution in [3.8, 4) is 0 Å². The predicted octanol–water partition coefficient (Wildman–Crippen LogP) is 25.0. The van der Waals surface area contributed by atoms with Crippen LogP contribution in [0.2, 0.25) is 0 Å². The van der Waals surface area contributed by atoms with Crippen LogP contribution in [0.3, 0.4) is 0 Å². The molecule has 83 heavy (non-hydrogen) atoms. The highest BCUT2D eigenvalue weighted by molar-refractivity contribution is 5.71. The number of allylic oxidation sites excluding steroid dienone is 14. The molecule has 0 amide bonds. The van der Waals surface area contributed by atoms with Crippen molar-refractivity contribution in [2.75, 3.05) is 13.2 Å². The highest BCUT2D eigenvalue weighted by Crippen LogP contribution is 2.18. The molecule has 480 valence electrons. The summed E-state index contributed by atoms with van der Waals surface area (Å²) in [5, 5.41) is 0. The van der Waals surface area contributed by atoms with Gasteiger partial charge in [-0.15, -0.1) is 0 Å². The fourth-order valence-corrected chi connectivity index (χ4v) is 10.5. The quantitative estimate of drug-likeness (QED) is 0.0261. The van der Waals surface area contributed by atoms with Gasteiger partial charge in [-0.3, -0.25) is 14.4 Å². The summed E-state index contributed by atoms with van der Waals surface area (Å²) in [6.07, 6.45) is 94.6. The largest absolute Gasteiger partial charge is 0.462 e. The maximum absolute atomic E-state index is 13.0. The Bertz CT molecular complexity index is 1570. The lowest BCUT2D eigenvalue weighted by atomic mass is 10.0. The Morgan fingerprint density at radius 3 is 0.735 bits per heavy atom. The molecule has 0 aliphatic heterocycles. The molecule has 0 fully saturated rings. The first-order chi connectivity index (χ1) is 41.0. The van der Waals surface area contributed by atoms with Crippen molar-refractivity contribution in [3.05, 3.63) is 85.1 Å². The van der Waals surface area contributed by atoms with E-state index in [1.807, 2.05) is 0 Å². The van der Waals surface area contributed by atoms with Gasteiger partial charge in [-0.05, 0) is 96.3 Å². The first kappa shape index (κ1) is 79.6. The number of carbonyl (C=O) groups is 3. The number of hydrogen-bond donors (Lipinski definition) is 0. The molecule has 0 saturated heterocycles. The molecule has 0 N–H and O–H groups in total. The summed E-state index contributed by atoms with van der Waals surface area (Å²) in [5.41, 5.74) is 0. The van der Waals surface area contributed by atoms with Crippen molar-refractivity contribution in [2.45, 2.75) is 374 Å². The second kappa shape index (κ2) is 71.1. The summed E-state index contributed by atoms with van der Waals surface area (Å²) in [4.78, 5) is 38.5. The van der Waals surface area contributed by atoms with Gasteiger partial charge in [-0.2, -0.15) is 0 Å². The summed E-state index contributed by atoms with van der Waals surface area (Å²) in [6.45, 7) is 6.56. The van der Waals surface area contributed by atoms with E-state index in [0.717, 1.165) is 116 Å². The summed E-state index contributed by atoms with van der Waals surface area (Å²) in [6, 6.07) is 0. The minimum atomic E-state index is -0.791. The van der Waals surface area contributed by atoms with Crippen LogP contribution in [-0.4, -0.2) is 37.2 Å². The SMILES string of the molecule is CC/C=C\C/C=C\C/C=C\C/C=C\C/C=C\CCCCCCCC(=O)OC(COC(=O)CCCCCCCCCCC/C=C\C/C=C\CCCCCCC)COC(=O)CCCCCCCCCCCCCCCCCCCCCCCCC. The first-order valence-corrected chi connectivity index (χ1v) is 36.1. The smallest absolute Gasteiger partial charge is 0.306 e. The lowest BCUT2D eigenvalue weighted by molar-refractivity contribution is -0.167. The van der Waals surface area contributed by atoms with Crippen LogP contribution in [-0.2, 0) is 28.6 Å². The molecule has 1 unspecified atom stereocenters. The topological polar surface area (TPSA) is 78.9 Å². The fourth-order valence-electron chi connectivity index (χ4n) is 10.5. The Balaban J connectivity index is 4.39. The lowest BCUT2D eigenvalue weighted by Crippen LogP contribution is -2.30. The van der Waals surface area contributed by atoms with E-state index in [1.54, 1.807) is 0 Å². The summed E-state index contributed by atoms with van der Waals surface area (Å²) < 4.78 is 17.0. The maximum Gasteiger partial charge on any atom is 0.306 e. The van der Waals surface area contributed by atoms with E-state index in [-0.39, 0.29) is 31.1 Å². The molecule has 0 rings (SSSR count). The predicted molar refractivity (Wildman–Crippen MR) is 362 cm³/mol. The number of hydrogen-bond acceptors (Lipinski definition) is 6. The van der Waals surface area contributed by atoms with E-state index in [1.165, 1.54) is 212 Å². The van der Waals surface area contributed by atoms with Crippen molar-refractivity contribution in [1.29, 1.82) is 0 Å². The van der Waals surface area contributed by atoms with Crippen molar-refractivity contribution >= 4 is 17.9 Å². The Morgan fingerprint density at radius 2 is 0.470 bits per heavy atom. The third kappa shape index (κ3) is 69.3. The van der Waals surface area contributed by atoms with Crippen molar-refractivity contribution in [1.82, 2.24) is 0 Å². The molecule has 0 aromatic heterocycles. The number of esters is 3. The molecule has 0 saturated carbocycles. The molecule has 0 aliphatic rings. The van der Waals surface area contributed by atoms with Crippen LogP contribution in [0.1, 0.15) is 367 Å². The standard InChI is InChI=1S/C77H136O6/c1-4-7-10-13-16-19-22-25-28-31-34-37-38-41-43-46-49-52-55-58-61-64-67-70-76(79)82-73-74(83-77(80)71-68-65-62-59-56-53-50-47-44-40-36-33-30-27-24-21-18-15-12-9-6-3)72-81-75(78)69-66-63-60-57-54-51-48-45-42-39-35-32-29-26-23-20-17-14-11-8-5-2/h9,12,18,21,23,26-27,30,32,35-36,40,47,50,74H,4-8,10-11,13-17,19-20,22,24-25,28-29,31,33-34,37-39,41-46,48-49,51-73H2,1-3H3/b12-9-,21-18-,26-23-,30-27-,35-32-,40-36-,50-47-. The van der Waals surface area contributed by atoms with Gasteiger partial charge in [0.15, 0.2) is 6.10 Å². The van der Waals surface area contributed by atoms with E-state index in [2.05, 4.69) is 106 Å². The molecule has 0 bridgehead atoms. The minimum Gasteiger partial charge on any atom is -0.462 e. The molecule has 1 atom stereocenters. The normalized spacial score (nSPS) is 12.6. The first-order valence-electron chi connectivity index (χ1n) is 36.1. The summed E-state index contributed by atoms with van der Waals surface area (Å²) >= 11 is 0. The van der Waals surface area contributed by atoms with Gasteiger partial charge in [0.05, 0.1) is 0 Å². The zero-order chi connectivity index (χ0) is 59.9. The van der Waals surface area contributed by atoms with Crippen molar-refractivity contribution in [3.63, 3.8) is 0 Å². The average Bonchev–Trinajstić information content (AvgIpc) is 3.49. The lowest BCUT2D eigenvalue weighted by Gasteiger charge is -2.18. The number of unbranched alkanes of at least 4 members (excludes halogenated alkanes) is 41. The third-order valence-electron chi connectivity index (χ3n) is 15.9. The summed E-state index contributed by atoms with van der Waals surface area (Å²) in [7, 11) is 0. The van der Waals surface area contributed by atoms with Crippen LogP contribution < -0.4 is 0 Å². The van der Waals surface area contributed by atoms with Crippen molar-refractivity contribution in [2.24, 2.45) is 0 Å². The number of carbonyl (C=O) groups excluding carboxylic acids is 3. The van der Waals surface area contributed by atoms with E-state index in [0.29, 0.717) is 19.3 Å². The van der Waals surface area contributed by atoms with Crippen LogP contribution in [0.5, 0.6) is 0 Å².